The molecule has 1 aliphatic heterocycles. The lowest BCUT2D eigenvalue weighted by molar-refractivity contribution is -0.122. The SMILES string of the molecule is O=C(Cc1c(F)cccc1Cl)N[C@H]1CC[C@H]1NC1CCN(Cc2ccccc2)CC1. The van der Waals surface area contributed by atoms with Crippen LogP contribution in [0, 0.1) is 5.82 Å². The molecule has 1 heterocycles. The van der Waals surface area contributed by atoms with E-state index >= 15 is 0 Å². The lowest BCUT2D eigenvalue weighted by Crippen LogP contribution is -2.60. The summed E-state index contributed by atoms with van der Waals surface area (Å²) >= 11 is 6.04. The third-order valence-electron chi connectivity index (χ3n) is 6.31. The van der Waals surface area contributed by atoms with Crippen LogP contribution in [0.15, 0.2) is 48.5 Å². The molecule has 30 heavy (non-hydrogen) atoms. The molecule has 2 aliphatic rings. The lowest BCUT2D eigenvalue weighted by Gasteiger charge is -2.42. The fourth-order valence-electron chi connectivity index (χ4n) is 4.39. The average molecular weight is 430 g/mol. The van der Waals surface area contributed by atoms with Crippen molar-refractivity contribution in [3.63, 3.8) is 0 Å². The van der Waals surface area contributed by atoms with E-state index in [0.29, 0.717) is 17.1 Å². The second-order valence-electron chi connectivity index (χ2n) is 8.44. The van der Waals surface area contributed by atoms with Crippen LogP contribution in [-0.4, -0.2) is 42.0 Å². The van der Waals surface area contributed by atoms with Gasteiger partial charge in [-0.15, -0.1) is 0 Å². The molecule has 0 spiro atoms. The van der Waals surface area contributed by atoms with Gasteiger partial charge in [0.05, 0.1) is 6.42 Å². The summed E-state index contributed by atoms with van der Waals surface area (Å²) in [6, 6.07) is 16.0. The Morgan fingerprint density at radius 3 is 2.40 bits per heavy atom. The van der Waals surface area contributed by atoms with Gasteiger partial charge in [0.1, 0.15) is 5.82 Å². The molecule has 0 unspecified atom stereocenters. The number of halogens is 2. The molecule has 1 saturated carbocycles. The number of nitrogens with zero attached hydrogens (tertiary/aromatic N) is 1. The van der Waals surface area contributed by atoms with E-state index in [9.17, 15) is 9.18 Å². The molecule has 6 heteroatoms. The van der Waals surface area contributed by atoms with Gasteiger partial charge in [-0.1, -0.05) is 48.0 Å². The molecule has 2 atom stereocenters. The second kappa shape index (κ2) is 9.90. The van der Waals surface area contributed by atoms with Gasteiger partial charge in [-0.25, -0.2) is 4.39 Å². The molecule has 2 aromatic carbocycles. The number of carbonyl (C=O) groups excluding carboxylic acids is 1. The van der Waals surface area contributed by atoms with Gasteiger partial charge >= 0.3 is 0 Å². The Labute approximate surface area is 182 Å². The Morgan fingerprint density at radius 1 is 1.00 bits per heavy atom. The summed E-state index contributed by atoms with van der Waals surface area (Å²) in [5, 5.41) is 7.11. The first-order chi connectivity index (χ1) is 14.6. The first-order valence-electron chi connectivity index (χ1n) is 10.8. The van der Waals surface area contributed by atoms with E-state index in [1.165, 1.54) is 11.6 Å². The highest BCUT2D eigenvalue weighted by molar-refractivity contribution is 6.31. The highest BCUT2D eigenvalue weighted by atomic mass is 35.5. The highest BCUT2D eigenvalue weighted by Gasteiger charge is 2.34. The fourth-order valence-corrected chi connectivity index (χ4v) is 4.62. The van der Waals surface area contributed by atoms with Crippen LogP contribution in [0.5, 0.6) is 0 Å². The van der Waals surface area contributed by atoms with Crippen LogP contribution in [0.25, 0.3) is 0 Å². The summed E-state index contributed by atoms with van der Waals surface area (Å²) in [4.78, 5) is 14.9. The summed E-state index contributed by atoms with van der Waals surface area (Å²) in [6.07, 6.45) is 4.24. The maximum absolute atomic E-state index is 13.9. The van der Waals surface area contributed by atoms with Crippen LogP contribution in [0.1, 0.15) is 36.8 Å². The van der Waals surface area contributed by atoms with Gasteiger partial charge in [-0.05, 0) is 56.5 Å². The molecular formula is C24H29ClFN3O. The molecule has 1 aliphatic carbocycles. The minimum atomic E-state index is -0.428. The predicted octanol–water partition coefficient (Wildman–Crippen LogP) is 3.92. The molecule has 2 N–H and O–H groups in total. The summed E-state index contributed by atoms with van der Waals surface area (Å²) < 4.78 is 13.9. The van der Waals surface area contributed by atoms with Crippen molar-refractivity contribution in [2.75, 3.05) is 13.1 Å². The van der Waals surface area contributed by atoms with E-state index in [-0.39, 0.29) is 23.9 Å². The van der Waals surface area contributed by atoms with Crippen molar-refractivity contribution in [3.8, 4) is 0 Å². The largest absolute Gasteiger partial charge is 0.352 e. The van der Waals surface area contributed by atoms with Crippen molar-refractivity contribution in [3.05, 3.63) is 70.5 Å². The monoisotopic (exact) mass is 429 g/mol. The Bertz CT molecular complexity index is 835. The van der Waals surface area contributed by atoms with E-state index < -0.39 is 5.82 Å². The van der Waals surface area contributed by atoms with Gasteiger partial charge in [0.25, 0.3) is 0 Å². The van der Waals surface area contributed by atoms with E-state index in [1.54, 1.807) is 12.1 Å². The molecule has 4 rings (SSSR count). The number of likely N-dealkylation sites (tertiary alicyclic amines) is 1. The topological polar surface area (TPSA) is 44.4 Å². The Hall–Kier alpha value is -1.95. The number of piperidine rings is 1. The Balaban J connectivity index is 1.20. The van der Waals surface area contributed by atoms with Gasteiger partial charge in [-0.2, -0.15) is 0 Å². The van der Waals surface area contributed by atoms with E-state index in [2.05, 4.69) is 45.9 Å². The smallest absolute Gasteiger partial charge is 0.224 e. The normalized spacial score (nSPS) is 22.5. The molecule has 4 nitrogen and oxygen atoms in total. The first-order valence-corrected chi connectivity index (χ1v) is 11.2. The summed E-state index contributed by atoms with van der Waals surface area (Å²) in [5.41, 5.74) is 1.63. The van der Waals surface area contributed by atoms with Crippen LogP contribution in [-0.2, 0) is 17.8 Å². The predicted molar refractivity (Wildman–Crippen MR) is 118 cm³/mol. The van der Waals surface area contributed by atoms with E-state index in [0.717, 1.165) is 45.3 Å². The van der Waals surface area contributed by atoms with Gasteiger partial charge in [0.15, 0.2) is 0 Å². The van der Waals surface area contributed by atoms with Crippen LogP contribution in [0.2, 0.25) is 5.02 Å². The Morgan fingerprint density at radius 2 is 1.73 bits per heavy atom. The van der Waals surface area contributed by atoms with Gasteiger partial charge in [-0.3, -0.25) is 9.69 Å². The number of hydrogen-bond acceptors (Lipinski definition) is 3. The van der Waals surface area contributed by atoms with Crippen molar-refractivity contribution in [1.29, 1.82) is 0 Å². The minimum absolute atomic E-state index is 0.0212. The van der Waals surface area contributed by atoms with Crippen molar-refractivity contribution < 1.29 is 9.18 Å². The molecule has 2 fully saturated rings. The number of rotatable bonds is 7. The minimum Gasteiger partial charge on any atom is -0.352 e. The van der Waals surface area contributed by atoms with E-state index in [1.807, 2.05) is 0 Å². The first kappa shape index (κ1) is 21.3. The average Bonchev–Trinajstić information content (AvgIpc) is 2.74. The maximum Gasteiger partial charge on any atom is 0.224 e. The number of amides is 1. The lowest BCUT2D eigenvalue weighted by atomic mass is 9.84. The molecule has 0 aromatic heterocycles. The summed E-state index contributed by atoms with van der Waals surface area (Å²) in [6.45, 7) is 3.18. The Kier molecular flexibility index (Phi) is 7.03. The quantitative estimate of drug-likeness (QED) is 0.701. The number of nitrogens with one attached hydrogen (secondary N) is 2. The van der Waals surface area contributed by atoms with E-state index in [4.69, 9.17) is 11.6 Å². The van der Waals surface area contributed by atoms with Crippen LogP contribution in [0.4, 0.5) is 4.39 Å². The molecule has 1 saturated heterocycles. The molecule has 0 bridgehead atoms. The van der Waals surface area contributed by atoms with Crippen LogP contribution in [0.3, 0.4) is 0 Å². The number of hydrogen-bond donors (Lipinski definition) is 2. The highest BCUT2D eigenvalue weighted by Crippen LogP contribution is 2.24. The van der Waals surface area contributed by atoms with Crippen LogP contribution < -0.4 is 10.6 Å². The summed E-state index contributed by atoms with van der Waals surface area (Å²) in [5.74, 6) is -0.598. The molecule has 0 radical (unpaired) electrons. The zero-order chi connectivity index (χ0) is 20.9. The molecule has 1 amide bonds. The zero-order valence-electron chi connectivity index (χ0n) is 17.1. The molecular weight excluding hydrogens is 401 g/mol. The fraction of sp³-hybridized carbons (Fsp3) is 0.458. The zero-order valence-corrected chi connectivity index (χ0v) is 17.9. The van der Waals surface area contributed by atoms with Gasteiger partial charge < -0.3 is 10.6 Å². The molecule has 160 valence electrons. The van der Waals surface area contributed by atoms with Crippen molar-refractivity contribution in [2.24, 2.45) is 0 Å². The third-order valence-corrected chi connectivity index (χ3v) is 6.66. The van der Waals surface area contributed by atoms with Gasteiger partial charge in [0.2, 0.25) is 5.91 Å². The van der Waals surface area contributed by atoms with Crippen molar-refractivity contribution in [2.45, 2.75) is 56.8 Å². The van der Waals surface area contributed by atoms with Crippen molar-refractivity contribution in [1.82, 2.24) is 15.5 Å². The molecule has 2 aromatic rings. The van der Waals surface area contributed by atoms with Gasteiger partial charge in [0, 0.05) is 35.3 Å². The number of carbonyl (C=O) groups is 1. The van der Waals surface area contributed by atoms with Crippen LogP contribution >= 0.6 is 11.6 Å². The maximum atomic E-state index is 13.9. The van der Waals surface area contributed by atoms with Crippen molar-refractivity contribution >= 4 is 17.5 Å². The third kappa shape index (κ3) is 5.39. The number of benzene rings is 2. The second-order valence-corrected chi connectivity index (χ2v) is 8.84. The summed E-state index contributed by atoms with van der Waals surface area (Å²) in [7, 11) is 0. The standard InChI is InChI=1S/C24H29ClFN3O/c25-20-7-4-8-21(26)19(20)15-24(30)28-23-10-9-22(23)27-18-11-13-29(14-12-18)16-17-5-2-1-3-6-17/h1-8,18,22-23,27H,9-16H2,(H,28,30)/t22-,23+/m1/s1.